The normalized spacial score (nSPS) is 16.3. The summed E-state index contributed by atoms with van der Waals surface area (Å²) in [4.78, 5) is 0. The maximum atomic E-state index is 9.74. The Bertz CT molecular complexity index is 164. The van der Waals surface area contributed by atoms with Crippen molar-refractivity contribution in [2.24, 2.45) is 0 Å². The fraction of sp³-hybridized carbons (Fsp3) is 1.00. The van der Waals surface area contributed by atoms with Gasteiger partial charge in [0.15, 0.2) is 9.83 Å². The van der Waals surface area contributed by atoms with Crippen molar-refractivity contribution in [3.8, 4) is 0 Å². The standard InChI is InChI=1S/CH4O4S2/c1-6(2)7(3,4)5/h1H3,(H,3,4,5). The Morgan fingerprint density at radius 2 is 1.71 bits per heavy atom. The quantitative estimate of drug-likeness (QED) is 0.385. The summed E-state index contributed by atoms with van der Waals surface area (Å²) in [6, 6.07) is 0. The average Bonchev–Trinajstić information content (AvgIpc) is 1.31. The van der Waals surface area contributed by atoms with Gasteiger partial charge in [0.1, 0.15) is 0 Å². The van der Waals surface area contributed by atoms with Crippen LogP contribution in [-0.4, -0.2) is 23.4 Å². The first-order valence-electron chi connectivity index (χ1n) is 1.26. The van der Waals surface area contributed by atoms with Gasteiger partial charge in [-0.15, -0.1) is 0 Å². The third-order valence-corrected chi connectivity index (χ3v) is 2.67. The fourth-order valence-corrected chi connectivity index (χ4v) is 0. The Balaban J connectivity index is 4.43. The number of hydrogen-bond acceptors (Lipinski definition) is 3. The molecule has 4 nitrogen and oxygen atoms in total. The minimum Gasteiger partial charge on any atom is -0.275 e. The summed E-state index contributed by atoms with van der Waals surface area (Å²) in [6.07, 6.45) is 0.884. The van der Waals surface area contributed by atoms with Crippen LogP contribution in [0.1, 0.15) is 0 Å². The molecule has 7 heavy (non-hydrogen) atoms. The maximum absolute atomic E-state index is 9.74. The molecule has 0 saturated carbocycles. The van der Waals surface area contributed by atoms with Crippen LogP contribution in [0.15, 0.2) is 0 Å². The van der Waals surface area contributed by atoms with Gasteiger partial charge in [0.05, 0.1) is 0 Å². The summed E-state index contributed by atoms with van der Waals surface area (Å²) in [5, 5.41) is 0. The van der Waals surface area contributed by atoms with Crippen LogP contribution in [0.3, 0.4) is 0 Å². The zero-order valence-electron chi connectivity index (χ0n) is 3.49. The predicted octanol–water partition coefficient (Wildman–Crippen LogP) is -0.832. The molecular formula is CH4O4S2. The first-order chi connectivity index (χ1) is 2.94. The van der Waals surface area contributed by atoms with E-state index in [4.69, 9.17) is 4.55 Å². The second-order valence-corrected chi connectivity index (χ2v) is 5.16. The third kappa shape index (κ3) is 2.72. The van der Waals surface area contributed by atoms with E-state index in [1.54, 1.807) is 0 Å². The highest BCUT2D eigenvalue weighted by Gasteiger charge is 2.06. The molecule has 0 bridgehead atoms. The van der Waals surface area contributed by atoms with Crippen LogP contribution < -0.4 is 0 Å². The third-order valence-electron chi connectivity index (χ3n) is 0.297. The Morgan fingerprint density at radius 3 is 1.71 bits per heavy atom. The summed E-state index contributed by atoms with van der Waals surface area (Å²) in [6.45, 7) is 0. The molecule has 0 radical (unpaired) electrons. The Morgan fingerprint density at radius 1 is 1.57 bits per heavy atom. The van der Waals surface area contributed by atoms with Crippen molar-refractivity contribution in [2.45, 2.75) is 0 Å². The van der Waals surface area contributed by atoms with Gasteiger partial charge in [-0.1, -0.05) is 0 Å². The predicted molar refractivity (Wildman–Crippen MR) is 25.6 cm³/mol. The molecule has 0 aliphatic heterocycles. The zero-order chi connectivity index (χ0) is 6.08. The Hall–Kier alpha value is 0.0600. The van der Waals surface area contributed by atoms with E-state index >= 15 is 0 Å². The fourth-order valence-electron chi connectivity index (χ4n) is 0. The molecule has 0 aromatic heterocycles. The lowest BCUT2D eigenvalue weighted by atomic mass is 12.0. The van der Waals surface area contributed by atoms with E-state index < -0.39 is 19.0 Å². The van der Waals surface area contributed by atoms with Gasteiger partial charge in [-0.05, 0) is 0 Å². The molecule has 1 N–H and O–H groups in total. The summed E-state index contributed by atoms with van der Waals surface area (Å²) in [5.74, 6) is 0. The summed E-state index contributed by atoms with van der Waals surface area (Å²) < 4.78 is 36.7. The lowest BCUT2D eigenvalue weighted by Crippen LogP contribution is -2.02. The molecule has 0 aliphatic rings. The van der Waals surface area contributed by atoms with E-state index in [9.17, 15) is 12.6 Å². The summed E-state index contributed by atoms with van der Waals surface area (Å²) in [7, 11) is -6.42. The van der Waals surface area contributed by atoms with Crippen LogP contribution in [-0.2, 0) is 19.0 Å². The molecule has 0 rings (SSSR count). The second kappa shape index (κ2) is 1.89. The van der Waals surface area contributed by atoms with Gasteiger partial charge in [-0.2, -0.15) is 8.42 Å². The minimum atomic E-state index is -4.27. The molecule has 0 aliphatic carbocycles. The van der Waals surface area contributed by atoms with E-state index in [1.165, 1.54) is 0 Å². The highest BCUT2D eigenvalue weighted by Crippen LogP contribution is 1.83. The van der Waals surface area contributed by atoms with Crippen LogP contribution in [0.4, 0.5) is 0 Å². The largest absolute Gasteiger partial charge is 0.347 e. The van der Waals surface area contributed by atoms with Gasteiger partial charge >= 0.3 is 9.15 Å². The SMILES string of the molecule is CS(=O)S(=O)(=O)O. The van der Waals surface area contributed by atoms with Crippen LogP contribution in [0, 0.1) is 0 Å². The molecule has 1 unspecified atom stereocenters. The van der Waals surface area contributed by atoms with Gasteiger partial charge in [0, 0.05) is 6.26 Å². The molecule has 0 aromatic rings. The first-order valence-corrected chi connectivity index (χ1v) is 4.77. The van der Waals surface area contributed by atoms with Crippen molar-refractivity contribution >= 4 is 19.0 Å². The van der Waals surface area contributed by atoms with Gasteiger partial charge in [-0.3, -0.25) is 4.55 Å². The van der Waals surface area contributed by atoms with Crippen molar-refractivity contribution in [2.75, 3.05) is 6.26 Å². The lowest BCUT2D eigenvalue weighted by molar-refractivity contribution is 0.500. The number of rotatable bonds is 1. The summed E-state index contributed by atoms with van der Waals surface area (Å²) in [5.41, 5.74) is 0. The second-order valence-electron chi connectivity index (χ2n) is 0.829. The van der Waals surface area contributed by atoms with Crippen molar-refractivity contribution < 1.29 is 17.2 Å². The van der Waals surface area contributed by atoms with Gasteiger partial charge in [-0.25, -0.2) is 4.21 Å². The average molecular weight is 144 g/mol. The van der Waals surface area contributed by atoms with Crippen LogP contribution in [0.25, 0.3) is 0 Å². The van der Waals surface area contributed by atoms with E-state index in [-0.39, 0.29) is 0 Å². The van der Waals surface area contributed by atoms with E-state index in [2.05, 4.69) is 0 Å². The molecule has 0 aromatic carbocycles. The van der Waals surface area contributed by atoms with Crippen molar-refractivity contribution in [3.63, 3.8) is 0 Å². The minimum absolute atomic E-state index is 0.884. The molecule has 0 saturated heterocycles. The van der Waals surface area contributed by atoms with Crippen molar-refractivity contribution in [1.82, 2.24) is 0 Å². The molecule has 6 heteroatoms. The van der Waals surface area contributed by atoms with E-state index in [0.717, 1.165) is 6.26 Å². The highest BCUT2D eigenvalue weighted by atomic mass is 33.2. The Kier molecular flexibility index (Phi) is 1.91. The van der Waals surface area contributed by atoms with Gasteiger partial charge < -0.3 is 0 Å². The first kappa shape index (κ1) is 7.06. The molecule has 0 amide bonds. The Labute approximate surface area is 43.1 Å². The lowest BCUT2D eigenvalue weighted by Gasteiger charge is -1.81. The number of hydrogen-bond donors (Lipinski definition) is 1. The maximum Gasteiger partial charge on any atom is 0.347 e. The molecule has 0 spiro atoms. The topological polar surface area (TPSA) is 71.4 Å². The van der Waals surface area contributed by atoms with Crippen LogP contribution in [0.5, 0.6) is 0 Å². The van der Waals surface area contributed by atoms with Crippen molar-refractivity contribution in [1.29, 1.82) is 0 Å². The van der Waals surface area contributed by atoms with Gasteiger partial charge in [0.2, 0.25) is 0 Å². The molecule has 44 valence electrons. The van der Waals surface area contributed by atoms with Crippen molar-refractivity contribution in [3.05, 3.63) is 0 Å². The highest BCUT2D eigenvalue weighted by molar-refractivity contribution is 8.61. The van der Waals surface area contributed by atoms with Crippen LogP contribution >= 0.6 is 0 Å². The molecule has 0 heterocycles. The monoisotopic (exact) mass is 144 g/mol. The summed E-state index contributed by atoms with van der Waals surface area (Å²) >= 11 is 0. The van der Waals surface area contributed by atoms with E-state index in [0.29, 0.717) is 0 Å². The van der Waals surface area contributed by atoms with E-state index in [1.807, 2.05) is 0 Å². The molecule has 0 fully saturated rings. The molecule has 1 atom stereocenters. The molecular weight excluding hydrogens is 140 g/mol. The van der Waals surface area contributed by atoms with Gasteiger partial charge in [0.25, 0.3) is 0 Å². The van der Waals surface area contributed by atoms with Crippen LogP contribution in [0.2, 0.25) is 0 Å². The zero-order valence-corrected chi connectivity index (χ0v) is 5.12. The smallest absolute Gasteiger partial charge is 0.275 e.